The van der Waals surface area contributed by atoms with Crippen molar-refractivity contribution in [3.63, 3.8) is 0 Å². The van der Waals surface area contributed by atoms with E-state index in [2.05, 4.69) is 22.5 Å². The summed E-state index contributed by atoms with van der Waals surface area (Å²) in [6.45, 7) is 0. The number of nitrogens with two attached hydrogens (primary N) is 1. The van der Waals surface area contributed by atoms with Crippen molar-refractivity contribution in [3.05, 3.63) is 11.6 Å². The standard InChI is InChI=1S/C5H5N3OS2/c6-3(9)4(10)8-5-7-1-2-11-5/h1-2H,(H2,6,9)(H,7,8,10). The molecule has 0 spiro atoms. The van der Waals surface area contributed by atoms with Gasteiger partial charge in [0.05, 0.1) is 0 Å². The van der Waals surface area contributed by atoms with Gasteiger partial charge in [-0.05, 0) is 0 Å². The topological polar surface area (TPSA) is 68.0 Å². The van der Waals surface area contributed by atoms with Crippen LogP contribution in [0.3, 0.4) is 0 Å². The maximum absolute atomic E-state index is 10.4. The zero-order chi connectivity index (χ0) is 8.27. The summed E-state index contributed by atoms with van der Waals surface area (Å²) in [5.41, 5.74) is 4.89. The maximum Gasteiger partial charge on any atom is 0.276 e. The van der Waals surface area contributed by atoms with E-state index >= 15 is 0 Å². The number of aromatic nitrogens is 1. The van der Waals surface area contributed by atoms with Gasteiger partial charge in [-0.1, -0.05) is 12.2 Å². The Morgan fingerprint density at radius 3 is 3.00 bits per heavy atom. The second-order valence-electron chi connectivity index (χ2n) is 1.66. The lowest BCUT2D eigenvalue weighted by molar-refractivity contribution is -0.111. The number of carbonyl (C=O) groups is 1. The van der Waals surface area contributed by atoms with Crippen molar-refractivity contribution in [3.8, 4) is 0 Å². The van der Waals surface area contributed by atoms with Crippen molar-refractivity contribution in [2.75, 3.05) is 5.32 Å². The molecule has 58 valence electrons. The highest BCUT2D eigenvalue weighted by Gasteiger charge is 2.04. The van der Waals surface area contributed by atoms with E-state index in [-0.39, 0.29) is 4.99 Å². The van der Waals surface area contributed by atoms with Crippen LogP contribution >= 0.6 is 23.6 Å². The van der Waals surface area contributed by atoms with E-state index in [0.29, 0.717) is 5.13 Å². The first-order chi connectivity index (χ1) is 5.20. The number of amides is 1. The van der Waals surface area contributed by atoms with Crippen LogP contribution in [-0.2, 0) is 4.79 Å². The number of rotatable bonds is 1. The quantitative estimate of drug-likeness (QED) is 0.623. The zero-order valence-corrected chi connectivity index (χ0v) is 7.04. The van der Waals surface area contributed by atoms with Crippen molar-refractivity contribution in [1.82, 2.24) is 4.98 Å². The largest absolute Gasteiger partial charge is 0.364 e. The number of thiazole rings is 1. The summed E-state index contributed by atoms with van der Waals surface area (Å²) in [4.78, 5) is 14.3. The number of nitrogens with one attached hydrogen (secondary N) is 1. The summed E-state index contributed by atoms with van der Waals surface area (Å²) >= 11 is 5.96. The lowest BCUT2D eigenvalue weighted by atomic mass is 10.6. The molecule has 4 nitrogen and oxygen atoms in total. The van der Waals surface area contributed by atoms with Crippen LogP contribution in [0.25, 0.3) is 0 Å². The Balaban J connectivity index is 2.57. The Bertz CT molecular complexity index is 269. The van der Waals surface area contributed by atoms with E-state index < -0.39 is 5.91 Å². The number of nitrogens with zero attached hydrogens (tertiary/aromatic N) is 1. The van der Waals surface area contributed by atoms with Crippen LogP contribution in [0.2, 0.25) is 0 Å². The molecule has 0 aliphatic carbocycles. The predicted octanol–water partition coefficient (Wildman–Crippen LogP) is 0.368. The van der Waals surface area contributed by atoms with E-state index in [4.69, 9.17) is 5.73 Å². The molecule has 0 unspecified atom stereocenters. The Kier molecular flexibility index (Phi) is 2.50. The summed E-state index contributed by atoms with van der Waals surface area (Å²) in [6.07, 6.45) is 1.61. The summed E-state index contributed by atoms with van der Waals surface area (Å²) in [5, 5.41) is 4.93. The highest BCUT2D eigenvalue weighted by Crippen LogP contribution is 2.09. The smallest absolute Gasteiger partial charge is 0.276 e. The molecule has 0 fully saturated rings. The SMILES string of the molecule is NC(=O)C(=S)Nc1nccs1. The lowest BCUT2D eigenvalue weighted by Gasteiger charge is -1.97. The van der Waals surface area contributed by atoms with Crippen molar-refractivity contribution in [1.29, 1.82) is 0 Å². The number of thiocarbonyl (C=S) groups is 1. The average molecular weight is 187 g/mol. The fourth-order valence-corrected chi connectivity index (χ4v) is 1.14. The monoisotopic (exact) mass is 187 g/mol. The molecule has 1 amide bonds. The summed E-state index contributed by atoms with van der Waals surface area (Å²) < 4.78 is 0. The summed E-state index contributed by atoms with van der Waals surface area (Å²) in [5.74, 6) is -0.643. The first kappa shape index (κ1) is 8.09. The molecule has 3 N–H and O–H groups in total. The minimum atomic E-state index is -0.643. The fourth-order valence-electron chi connectivity index (χ4n) is 0.444. The molecule has 11 heavy (non-hydrogen) atoms. The molecule has 0 bridgehead atoms. The molecule has 1 rings (SSSR count). The number of hydrogen-bond acceptors (Lipinski definition) is 4. The van der Waals surface area contributed by atoms with Gasteiger partial charge < -0.3 is 11.1 Å². The van der Waals surface area contributed by atoms with Gasteiger partial charge in [-0.3, -0.25) is 4.79 Å². The molecule has 0 saturated carbocycles. The van der Waals surface area contributed by atoms with Crippen LogP contribution < -0.4 is 11.1 Å². The fraction of sp³-hybridized carbons (Fsp3) is 0. The van der Waals surface area contributed by atoms with Gasteiger partial charge in [0.2, 0.25) is 0 Å². The second-order valence-corrected chi connectivity index (χ2v) is 2.96. The molecule has 0 saturated heterocycles. The van der Waals surface area contributed by atoms with E-state index in [0.717, 1.165) is 0 Å². The zero-order valence-electron chi connectivity index (χ0n) is 5.40. The Morgan fingerprint density at radius 2 is 2.55 bits per heavy atom. The third-order valence-electron chi connectivity index (χ3n) is 0.877. The minimum absolute atomic E-state index is 0.0139. The van der Waals surface area contributed by atoms with Crippen molar-refractivity contribution in [2.45, 2.75) is 0 Å². The van der Waals surface area contributed by atoms with Gasteiger partial charge in [0.25, 0.3) is 5.91 Å². The first-order valence-electron chi connectivity index (χ1n) is 2.70. The Labute approximate surface area is 72.4 Å². The van der Waals surface area contributed by atoms with Gasteiger partial charge in [0, 0.05) is 11.6 Å². The molecular weight excluding hydrogens is 182 g/mol. The van der Waals surface area contributed by atoms with E-state index in [1.807, 2.05) is 0 Å². The van der Waals surface area contributed by atoms with Crippen LogP contribution in [0.1, 0.15) is 0 Å². The highest BCUT2D eigenvalue weighted by molar-refractivity contribution is 7.82. The van der Waals surface area contributed by atoms with Crippen LogP contribution in [-0.4, -0.2) is 15.9 Å². The van der Waals surface area contributed by atoms with Crippen molar-refractivity contribution in [2.24, 2.45) is 5.73 Å². The van der Waals surface area contributed by atoms with Gasteiger partial charge in [-0.25, -0.2) is 4.98 Å². The molecule has 0 aromatic carbocycles. The number of anilines is 1. The van der Waals surface area contributed by atoms with Crippen LogP contribution in [0.15, 0.2) is 11.6 Å². The maximum atomic E-state index is 10.4. The molecule has 0 radical (unpaired) electrons. The number of hydrogen-bond donors (Lipinski definition) is 2. The summed E-state index contributed by atoms with van der Waals surface area (Å²) in [7, 11) is 0. The van der Waals surface area contributed by atoms with Crippen molar-refractivity contribution < 1.29 is 4.79 Å². The van der Waals surface area contributed by atoms with Crippen LogP contribution in [0.4, 0.5) is 5.13 Å². The molecule has 0 aliphatic rings. The highest BCUT2D eigenvalue weighted by atomic mass is 32.1. The molecule has 1 heterocycles. The van der Waals surface area contributed by atoms with Gasteiger partial charge in [0.15, 0.2) is 10.1 Å². The molecule has 0 atom stereocenters. The normalized spacial score (nSPS) is 9.09. The molecule has 0 aliphatic heterocycles. The molecular formula is C5H5N3OS2. The average Bonchev–Trinajstić information content (AvgIpc) is 2.39. The number of carbonyl (C=O) groups excluding carboxylic acids is 1. The predicted molar refractivity (Wildman–Crippen MR) is 47.5 cm³/mol. The van der Waals surface area contributed by atoms with E-state index in [9.17, 15) is 4.79 Å². The van der Waals surface area contributed by atoms with Crippen LogP contribution in [0.5, 0.6) is 0 Å². The van der Waals surface area contributed by atoms with Gasteiger partial charge in [-0.2, -0.15) is 0 Å². The molecule has 6 heteroatoms. The van der Waals surface area contributed by atoms with Gasteiger partial charge >= 0.3 is 0 Å². The van der Waals surface area contributed by atoms with Gasteiger partial charge in [-0.15, -0.1) is 11.3 Å². The lowest BCUT2D eigenvalue weighted by Crippen LogP contribution is -2.27. The summed E-state index contributed by atoms with van der Waals surface area (Å²) in [6, 6.07) is 0. The first-order valence-corrected chi connectivity index (χ1v) is 3.99. The third-order valence-corrected chi connectivity index (χ3v) is 1.87. The minimum Gasteiger partial charge on any atom is -0.364 e. The van der Waals surface area contributed by atoms with Crippen LogP contribution in [0, 0.1) is 0 Å². The Hall–Kier alpha value is -1.01. The van der Waals surface area contributed by atoms with Gasteiger partial charge in [0.1, 0.15) is 0 Å². The van der Waals surface area contributed by atoms with Crippen molar-refractivity contribution >= 4 is 39.6 Å². The third kappa shape index (κ3) is 2.24. The molecule has 1 aromatic rings. The molecule has 1 aromatic heterocycles. The van der Waals surface area contributed by atoms with E-state index in [1.165, 1.54) is 11.3 Å². The Morgan fingerprint density at radius 1 is 1.82 bits per heavy atom. The number of primary amides is 1. The van der Waals surface area contributed by atoms with E-state index in [1.54, 1.807) is 11.6 Å². The second kappa shape index (κ2) is 3.40.